The van der Waals surface area contributed by atoms with Crippen LogP contribution in [0.5, 0.6) is 0 Å². The highest BCUT2D eigenvalue weighted by molar-refractivity contribution is 6.18. The Labute approximate surface area is 102 Å². The maximum absolute atomic E-state index is 10.9. The van der Waals surface area contributed by atoms with Crippen molar-refractivity contribution in [3.8, 4) is 0 Å². The van der Waals surface area contributed by atoms with Crippen molar-refractivity contribution in [1.29, 1.82) is 0 Å². The predicted molar refractivity (Wildman–Crippen MR) is 68.2 cm³/mol. The second-order valence-corrected chi connectivity index (χ2v) is 6.06. The highest BCUT2D eigenvalue weighted by atomic mass is 35.5. The lowest BCUT2D eigenvalue weighted by molar-refractivity contribution is -0.0463. The summed E-state index contributed by atoms with van der Waals surface area (Å²) in [5.74, 6) is 0.252. The van der Waals surface area contributed by atoms with E-state index in [1.807, 2.05) is 12.1 Å². The Hall–Kier alpha value is -0.530. The van der Waals surface area contributed by atoms with Crippen molar-refractivity contribution in [3.63, 3.8) is 0 Å². The van der Waals surface area contributed by atoms with Crippen molar-refractivity contribution in [1.82, 2.24) is 0 Å². The molecule has 0 atom stereocenters. The van der Waals surface area contributed by atoms with Crippen molar-refractivity contribution in [2.45, 2.75) is 44.1 Å². The summed E-state index contributed by atoms with van der Waals surface area (Å²) in [6.07, 6.45) is 0. The molecule has 0 aromatic heterocycles. The lowest BCUT2D eigenvalue weighted by Crippen LogP contribution is -2.55. The number of halogens is 1. The molecule has 0 unspecified atom stereocenters. The summed E-state index contributed by atoms with van der Waals surface area (Å²) in [7, 11) is 0. The van der Waals surface area contributed by atoms with Crippen LogP contribution >= 0.6 is 11.6 Å². The summed E-state index contributed by atoms with van der Waals surface area (Å²) >= 11 is 6.06. The molecule has 0 saturated carbocycles. The van der Waals surface area contributed by atoms with E-state index in [2.05, 4.69) is 39.8 Å². The number of fused-ring (bicyclic) bond motifs is 1. The van der Waals surface area contributed by atoms with Gasteiger partial charge in [-0.15, -0.1) is 11.6 Å². The third-order valence-corrected chi connectivity index (χ3v) is 4.92. The van der Waals surface area contributed by atoms with Gasteiger partial charge in [-0.05, 0) is 11.1 Å². The third-order valence-electron chi connectivity index (χ3n) is 4.54. The van der Waals surface area contributed by atoms with Crippen LogP contribution in [0.3, 0.4) is 0 Å². The number of alkyl halides is 1. The quantitative estimate of drug-likeness (QED) is 0.745. The molecule has 2 heteroatoms. The zero-order valence-electron chi connectivity index (χ0n) is 10.3. The van der Waals surface area contributed by atoms with Crippen molar-refractivity contribution in [3.05, 3.63) is 35.4 Å². The van der Waals surface area contributed by atoms with Gasteiger partial charge in [-0.25, -0.2) is 0 Å². The molecule has 0 radical (unpaired) electrons. The van der Waals surface area contributed by atoms with Gasteiger partial charge >= 0.3 is 0 Å². The van der Waals surface area contributed by atoms with Crippen molar-refractivity contribution >= 4 is 11.6 Å². The summed E-state index contributed by atoms with van der Waals surface area (Å²) in [6.45, 7) is 8.29. The van der Waals surface area contributed by atoms with Gasteiger partial charge in [0.05, 0.1) is 11.5 Å². The first-order valence-electron chi connectivity index (χ1n) is 5.67. The minimum Gasteiger partial charge on any atom is -0.387 e. The highest BCUT2D eigenvalue weighted by Crippen LogP contribution is 2.56. The smallest absolute Gasteiger partial charge is 0.0963 e. The molecular weight excluding hydrogens is 220 g/mol. The van der Waals surface area contributed by atoms with Crippen LogP contribution in [0.25, 0.3) is 0 Å². The van der Waals surface area contributed by atoms with Crippen LogP contribution in [0.15, 0.2) is 24.3 Å². The Morgan fingerprint density at radius 1 is 1.00 bits per heavy atom. The van der Waals surface area contributed by atoms with E-state index in [0.717, 1.165) is 0 Å². The Kier molecular flexibility index (Phi) is 2.42. The van der Waals surface area contributed by atoms with Gasteiger partial charge in [-0.3, -0.25) is 0 Å². The van der Waals surface area contributed by atoms with Crippen LogP contribution < -0.4 is 0 Å². The summed E-state index contributed by atoms with van der Waals surface area (Å²) in [5.41, 5.74) is 0.904. The normalized spacial score (nSPS) is 24.1. The standard InChI is InChI=1S/C14H19ClO/c1-12(2)10-7-5-6-8-11(10)13(3,4)14(12,16)9-15/h5-8,16H,9H2,1-4H3. The van der Waals surface area contributed by atoms with E-state index in [1.165, 1.54) is 11.1 Å². The summed E-state index contributed by atoms with van der Waals surface area (Å²) < 4.78 is 0. The maximum Gasteiger partial charge on any atom is 0.0963 e. The van der Waals surface area contributed by atoms with Crippen LogP contribution in [-0.2, 0) is 10.8 Å². The molecule has 1 aliphatic carbocycles. The molecule has 0 fully saturated rings. The van der Waals surface area contributed by atoms with Gasteiger partial charge in [0.2, 0.25) is 0 Å². The zero-order valence-corrected chi connectivity index (χ0v) is 11.1. The van der Waals surface area contributed by atoms with Gasteiger partial charge in [0.1, 0.15) is 0 Å². The first kappa shape index (κ1) is 11.9. The Morgan fingerprint density at radius 3 is 1.69 bits per heavy atom. The van der Waals surface area contributed by atoms with Crippen molar-refractivity contribution in [2.24, 2.45) is 0 Å². The average Bonchev–Trinajstić information content (AvgIpc) is 2.37. The molecule has 1 aromatic carbocycles. The second-order valence-electron chi connectivity index (χ2n) is 5.79. The Morgan fingerprint density at radius 2 is 1.38 bits per heavy atom. The molecule has 16 heavy (non-hydrogen) atoms. The third kappa shape index (κ3) is 1.11. The number of rotatable bonds is 1. The summed E-state index contributed by atoms with van der Waals surface area (Å²) in [5, 5.41) is 10.9. The molecule has 0 saturated heterocycles. The van der Waals surface area contributed by atoms with Crippen LogP contribution in [0.4, 0.5) is 0 Å². The highest BCUT2D eigenvalue weighted by Gasteiger charge is 2.61. The van der Waals surface area contributed by atoms with Gasteiger partial charge in [-0.1, -0.05) is 52.0 Å². The summed E-state index contributed by atoms with van der Waals surface area (Å²) in [6, 6.07) is 8.25. The SMILES string of the molecule is CC1(C)c2ccccc2C(C)(C)C1(O)CCl. The molecule has 1 nitrogen and oxygen atoms in total. The maximum atomic E-state index is 10.9. The minimum absolute atomic E-state index is 0.252. The number of benzene rings is 1. The van der Waals surface area contributed by atoms with Gasteiger partial charge < -0.3 is 5.11 Å². The lowest BCUT2D eigenvalue weighted by atomic mass is 9.67. The lowest BCUT2D eigenvalue weighted by Gasteiger charge is -2.44. The number of hydrogen-bond acceptors (Lipinski definition) is 1. The molecule has 0 amide bonds. The van der Waals surface area contributed by atoms with Crippen LogP contribution in [0, 0.1) is 0 Å². The largest absolute Gasteiger partial charge is 0.387 e. The predicted octanol–water partition coefficient (Wildman–Crippen LogP) is 3.23. The molecule has 0 aliphatic heterocycles. The molecule has 1 N–H and O–H groups in total. The molecule has 0 bridgehead atoms. The van der Waals surface area contributed by atoms with E-state index in [9.17, 15) is 5.11 Å². The fraction of sp³-hybridized carbons (Fsp3) is 0.571. The first-order valence-corrected chi connectivity index (χ1v) is 6.21. The molecule has 0 spiro atoms. The monoisotopic (exact) mass is 238 g/mol. The molecule has 1 aliphatic rings. The van der Waals surface area contributed by atoms with Gasteiger partial charge in [-0.2, -0.15) is 0 Å². The van der Waals surface area contributed by atoms with Crippen LogP contribution in [-0.4, -0.2) is 16.6 Å². The Balaban J connectivity index is 2.76. The van der Waals surface area contributed by atoms with E-state index in [4.69, 9.17) is 11.6 Å². The first-order chi connectivity index (χ1) is 7.29. The molecule has 0 heterocycles. The van der Waals surface area contributed by atoms with E-state index in [1.54, 1.807) is 0 Å². The Bertz CT molecular complexity index is 385. The molecule has 88 valence electrons. The zero-order chi connectivity index (χ0) is 12.2. The van der Waals surface area contributed by atoms with Crippen molar-refractivity contribution in [2.75, 3.05) is 5.88 Å². The fourth-order valence-corrected chi connectivity index (χ4v) is 3.80. The molecule has 1 aromatic rings. The average molecular weight is 239 g/mol. The van der Waals surface area contributed by atoms with E-state index >= 15 is 0 Å². The summed E-state index contributed by atoms with van der Waals surface area (Å²) in [4.78, 5) is 0. The second kappa shape index (κ2) is 3.24. The number of aliphatic hydroxyl groups is 1. The van der Waals surface area contributed by atoms with E-state index in [0.29, 0.717) is 0 Å². The van der Waals surface area contributed by atoms with Gasteiger partial charge in [0.15, 0.2) is 0 Å². The van der Waals surface area contributed by atoms with Gasteiger partial charge in [0.25, 0.3) is 0 Å². The molecular formula is C14H19ClO. The van der Waals surface area contributed by atoms with Gasteiger partial charge in [0, 0.05) is 10.8 Å². The van der Waals surface area contributed by atoms with Crippen LogP contribution in [0.1, 0.15) is 38.8 Å². The fourth-order valence-electron chi connectivity index (χ4n) is 3.13. The minimum atomic E-state index is -0.898. The molecule has 2 rings (SSSR count). The van der Waals surface area contributed by atoms with Crippen molar-refractivity contribution < 1.29 is 5.11 Å². The van der Waals surface area contributed by atoms with E-state index in [-0.39, 0.29) is 16.7 Å². The number of hydrogen-bond donors (Lipinski definition) is 1. The topological polar surface area (TPSA) is 20.2 Å². The van der Waals surface area contributed by atoms with E-state index < -0.39 is 5.60 Å². The van der Waals surface area contributed by atoms with Crippen LogP contribution in [0.2, 0.25) is 0 Å².